The zero-order valence-corrected chi connectivity index (χ0v) is 12.1. The van der Waals surface area contributed by atoms with Crippen LogP contribution in [-0.4, -0.2) is 29.0 Å². The van der Waals surface area contributed by atoms with Crippen molar-refractivity contribution in [2.24, 2.45) is 0 Å². The van der Waals surface area contributed by atoms with Gasteiger partial charge in [0.2, 0.25) is 5.95 Å². The van der Waals surface area contributed by atoms with Crippen LogP contribution in [0.4, 0.5) is 11.6 Å². The van der Waals surface area contributed by atoms with E-state index < -0.39 is 4.92 Å². The standard InChI is InChI=1S/C14H16N4O3/c1-10(11-4-6-13(21-3)7-5-11)17(2)14-15-8-12(9-16-14)18(19)20/h4-10H,1-3H3. The maximum absolute atomic E-state index is 10.6. The number of hydrogen-bond acceptors (Lipinski definition) is 6. The van der Waals surface area contributed by atoms with Gasteiger partial charge < -0.3 is 9.64 Å². The molecule has 7 heteroatoms. The van der Waals surface area contributed by atoms with E-state index in [1.54, 1.807) is 7.11 Å². The maximum Gasteiger partial charge on any atom is 0.305 e. The molecular weight excluding hydrogens is 272 g/mol. The van der Waals surface area contributed by atoms with Crippen molar-refractivity contribution < 1.29 is 9.66 Å². The summed E-state index contributed by atoms with van der Waals surface area (Å²) in [6.07, 6.45) is 2.42. The molecule has 7 nitrogen and oxygen atoms in total. The van der Waals surface area contributed by atoms with Gasteiger partial charge in [0.25, 0.3) is 0 Å². The molecule has 0 fully saturated rings. The number of rotatable bonds is 5. The first-order valence-electron chi connectivity index (χ1n) is 6.36. The summed E-state index contributed by atoms with van der Waals surface area (Å²) < 4.78 is 5.13. The Labute approximate surface area is 122 Å². The highest BCUT2D eigenvalue weighted by Crippen LogP contribution is 2.24. The maximum atomic E-state index is 10.6. The summed E-state index contributed by atoms with van der Waals surface area (Å²) in [5.41, 5.74) is 0.949. The van der Waals surface area contributed by atoms with Crippen molar-refractivity contribution in [1.29, 1.82) is 0 Å². The molecule has 1 aromatic heterocycles. The smallest absolute Gasteiger partial charge is 0.305 e. The normalized spacial score (nSPS) is 11.8. The Morgan fingerprint density at radius 1 is 1.24 bits per heavy atom. The molecule has 0 radical (unpaired) electrons. The van der Waals surface area contributed by atoms with Crippen molar-refractivity contribution in [3.05, 3.63) is 52.3 Å². The minimum Gasteiger partial charge on any atom is -0.497 e. The molecule has 0 aliphatic rings. The molecule has 1 atom stereocenters. The lowest BCUT2D eigenvalue weighted by atomic mass is 10.1. The predicted octanol–water partition coefficient (Wildman–Crippen LogP) is 2.59. The summed E-state index contributed by atoms with van der Waals surface area (Å²) in [7, 11) is 3.46. The lowest BCUT2D eigenvalue weighted by Crippen LogP contribution is -2.23. The Kier molecular flexibility index (Phi) is 4.32. The SMILES string of the molecule is COc1ccc(C(C)N(C)c2ncc([N+](=O)[O-])cn2)cc1. The minimum absolute atomic E-state index is 0.0253. The lowest BCUT2D eigenvalue weighted by molar-refractivity contribution is -0.385. The van der Waals surface area contributed by atoms with Gasteiger partial charge in [0.05, 0.1) is 18.1 Å². The molecule has 0 amide bonds. The van der Waals surface area contributed by atoms with Gasteiger partial charge in [-0.1, -0.05) is 12.1 Å². The van der Waals surface area contributed by atoms with Gasteiger partial charge in [-0.2, -0.15) is 0 Å². The van der Waals surface area contributed by atoms with E-state index in [9.17, 15) is 10.1 Å². The Morgan fingerprint density at radius 3 is 2.29 bits per heavy atom. The average Bonchev–Trinajstić information content (AvgIpc) is 2.53. The second-order valence-electron chi connectivity index (χ2n) is 4.56. The van der Waals surface area contributed by atoms with Gasteiger partial charge in [-0.05, 0) is 24.6 Å². The van der Waals surface area contributed by atoms with Crippen LogP contribution in [-0.2, 0) is 0 Å². The summed E-state index contributed by atoms with van der Waals surface area (Å²) in [4.78, 5) is 20.0. The molecule has 2 rings (SSSR count). The molecule has 1 unspecified atom stereocenters. The highest BCUT2D eigenvalue weighted by Gasteiger charge is 2.16. The number of benzene rings is 1. The molecule has 0 saturated heterocycles. The first-order valence-corrected chi connectivity index (χ1v) is 6.36. The van der Waals surface area contributed by atoms with E-state index >= 15 is 0 Å². The zero-order valence-electron chi connectivity index (χ0n) is 12.1. The Balaban J connectivity index is 2.17. The second-order valence-corrected chi connectivity index (χ2v) is 4.56. The molecule has 0 aliphatic heterocycles. The van der Waals surface area contributed by atoms with Crippen LogP contribution in [0.3, 0.4) is 0 Å². The number of anilines is 1. The van der Waals surface area contributed by atoms with Gasteiger partial charge in [-0.25, -0.2) is 9.97 Å². The molecule has 1 aromatic carbocycles. The van der Waals surface area contributed by atoms with E-state index in [1.165, 1.54) is 12.4 Å². The van der Waals surface area contributed by atoms with Crippen molar-refractivity contribution in [3.63, 3.8) is 0 Å². The van der Waals surface area contributed by atoms with Crippen LogP contribution in [0.1, 0.15) is 18.5 Å². The highest BCUT2D eigenvalue weighted by atomic mass is 16.6. The zero-order chi connectivity index (χ0) is 15.4. The van der Waals surface area contributed by atoms with Crippen LogP contribution in [0.25, 0.3) is 0 Å². The summed E-state index contributed by atoms with van der Waals surface area (Å²) >= 11 is 0. The topological polar surface area (TPSA) is 81.4 Å². The molecule has 0 spiro atoms. The van der Waals surface area contributed by atoms with Crippen molar-refractivity contribution in [2.75, 3.05) is 19.1 Å². The molecule has 110 valence electrons. The Bertz CT molecular complexity index is 613. The third-order valence-corrected chi connectivity index (χ3v) is 3.33. The van der Waals surface area contributed by atoms with Gasteiger partial charge >= 0.3 is 5.69 Å². The van der Waals surface area contributed by atoms with E-state index in [0.717, 1.165) is 11.3 Å². The second kappa shape index (κ2) is 6.17. The van der Waals surface area contributed by atoms with E-state index in [1.807, 2.05) is 43.1 Å². The number of methoxy groups -OCH3 is 1. The first-order chi connectivity index (χ1) is 10.0. The van der Waals surface area contributed by atoms with Crippen LogP contribution >= 0.6 is 0 Å². The molecule has 0 N–H and O–H groups in total. The summed E-state index contributed by atoms with van der Waals surface area (Å²) in [6.45, 7) is 2.01. The Morgan fingerprint density at radius 2 is 1.81 bits per heavy atom. The molecular formula is C14H16N4O3. The summed E-state index contributed by atoms with van der Waals surface area (Å²) in [5.74, 6) is 1.23. The fourth-order valence-electron chi connectivity index (χ4n) is 1.87. The molecule has 21 heavy (non-hydrogen) atoms. The minimum atomic E-state index is -0.517. The average molecular weight is 288 g/mol. The highest BCUT2D eigenvalue weighted by molar-refractivity contribution is 5.38. The van der Waals surface area contributed by atoms with Crippen molar-refractivity contribution in [1.82, 2.24) is 9.97 Å². The van der Waals surface area contributed by atoms with Crippen LogP contribution in [0, 0.1) is 10.1 Å². The van der Waals surface area contributed by atoms with E-state index in [0.29, 0.717) is 5.95 Å². The fourth-order valence-corrected chi connectivity index (χ4v) is 1.87. The third-order valence-electron chi connectivity index (χ3n) is 3.33. The fraction of sp³-hybridized carbons (Fsp3) is 0.286. The first kappa shape index (κ1) is 14.7. The van der Waals surface area contributed by atoms with Gasteiger partial charge in [0, 0.05) is 7.05 Å². The van der Waals surface area contributed by atoms with Crippen molar-refractivity contribution in [3.8, 4) is 5.75 Å². The largest absolute Gasteiger partial charge is 0.497 e. The quantitative estimate of drug-likeness (QED) is 0.621. The number of nitrogens with zero attached hydrogens (tertiary/aromatic N) is 4. The summed E-state index contributed by atoms with van der Waals surface area (Å²) in [5, 5.41) is 10.6. The van der Waals surface area contributed by atoms with Crippen LogP contribution in [0.5, 0.6) is 5.75 Å². The lowest BCUT2D eigenvalue weighted by Gasteiger charge is -2.25. The third kappa shape index (κ3) is 3.25. The number of hydrogen-bond donors (Lipinski definition) is 0. The van der Waals surface area contributed by atoms with Crippen LogP contribution < -0.4 is 9.64 Å². The number of nitro groups is 1. The molecule has 1 heterocycles. The van der Waals surface area contributed by atoms with Crippen LogP contribution in [0.15, 0.2) is 36.7 Å². The van der Waals surface area contributed by atoms with Crippen LogP contribution in [0.2, 0.25) is 0 Å². The van der Waals surface area contributed by atoms with Crippen molar-refractivity contribution >= 4 is 11.6 Å². The van der Waals surface area contributed by atoms with Gasteiger partial charge in [0.15, 0.2) is 0 Å². The number of aromatic nitrogens is 2. The van der Waals surface area contributed by atoms with E-state index in [2.05, 4.69) is 9.97 Å². The summed E-state index contributed by atoms with van der Waals surface area (Å²) in [6, 6.07) is 7.72. The molecule has 0 bridgehead atoms. The molecule has 0 aliphatic carbocycles. The predicted molar refractivity (Wildman–Crippen MR) is 78.5 cm³/mol. The molecule has 2 aromatic rings. The van der Waals surface area contributed by atoms with E-state index in [4.69, 9.17) is 4.74 Å². The van der Waals surface area contributed by atoms with E-state index in [-0.39, 0.29) is 11.7 Å². The van der Waals surface area contributed by atoms with Gasteiger partial charge in [0.1, 0.15) is 18.1 Å². The number of ether oxygens (including phenoxy) is 1. The Hall–Kier alpha value is -2.70. The van der Waals surface area contributed by atoms with Gasteiger partial charge in [-0.15, -0.1) is 0 Å². The van der Waals surface area contributed by atoms with Gasteiger partial charge in [-0.3, -0.25) is 10.1 Å². The molecule has 0 saturated carbocycles. The monoisotopic (exact) mass is 288 g/mol. The van der Waals surface area contributed by atoms with Crippen molar-refractivity contribution in [2.45, 2.75) is 13.0 Å².